The SMILES string of the molecule is CC1(C)C(C(=O)O)CC(CC(F)(F)C(F)(F)C(F)(F)C(F)(F)C(F)(F)C(F)F)(CC(F)(F)C(F)(F)C(F)(F)C(F)(F)C(F)(F)C(F)F)C1(C)C(=O)O. The largest absolute Gasteiger partial charge is 0.481 e. The van der Waals surface area contributed by atoms with E-state index >= 15 is 17.6 Å². The second kappa shape index (κ2) is 12.4. The number of alkyl halides is 24. The molecule has 1 saturated carbocycles. The number of rotatable bonds is 16. The topological polar surface area (TPSA) is 74.6 Å². The second-order valence-corrected chi connectivity index (χ2v) is 12.6. The van der Waals surface area contributed by atoms with Gasteiger partial charge in [0.1, 0.15) is 0 Å². The zero-order valence-corrected chi connectivity index (χ0v) is 25.1. The van der Waals surface area contributed by atoms with Crippen molar-refractivity contribution in [3.63, 3.8) is 0 Å². The molecule has 28 heteroatoms. The summed E-state index contributed by atoms with van der Waals surface area (Å²) in [7, 11) is 0. The fraction of sp³-hybridized carbons (Fsp3) is 0.917. The van der Waals surface area contributed by atoms with Crippen molar-refractivity contribution in [3.8, 4) is 0 Å². The van der Waals surface area contributed by atoms with E-state index in [4.69, 9.17) is 0 Å². The monoisotopic (exact) mass is 828 g/mol. The minimum atomic E-state index is -8.53. The van der Waals surface area contributed by atoms with Crippen molar-refractivity contribution in [3.05, 3.63) is 0 Å². The summed E-state index contributed by atoms with van der Waals surface area (Å²) in [6.45, 7) is -0.0334. The third kappa shape index (κ3) is 5.78. The minimum absolute atomic E-state index is 0.159. The molecule has 0 amide bonds. The lowest BCUT2D eigenvalue weighted by atomic mass is 9.53. The number of carboxylic acid groups (broad SMARTS) is 2. The summed E-state index contributed by atoms with van der Waals surface area (Å²) in [5, 5.41) is 19.3. The van der Waals surface area contributed by atoms with Gasteiger partial charge in [0.25, 0.3) is 0 Å². The molecule has 52 heavy (non-hydrogen) atoms. The lowest BCUT2D eigenvalue weighted by Gasteiger charge is -2.51. The summed E-state index contributed by atoms with van der Waals surface area (Å²) in [5.41, 5.74) is -12.7. The molecule has 1 aliphatic rings. The van der Waals surface area contributed by atoms with Gasteiger partial charge >= 0.3 is 84.0 Å². The second-order valence-electron chi connectivity index (χ2n) is 12.6. The summed E-state index contributed by atoms with van der Waals surface area (Å²) in [6, 6.07) is 0. The number of halogens is 24. The Morgan fingerprint density at radius 3 is 1.02 bits per heavy atom. The van der Waals surface area contributed by atoms with Gasteiger partial charge in [-0.15, -0.1) is 0 Å². The summed E-state index contributed by atoms with van der Waals surface area (Å²) in [5.74, 6) is -90.0. The van der Waals surface area contributed by atoms with Crippen molar-refractivity contribution in [2.45, 2.75) is 112 Å². The fourth-order valence-corrected chi connectivity index (χ4v) is 5.96. The molecule has 0 aliphatic heterocycles. The van der Waals surface area contributed by atoms with Gasteiger partial charge in [-0.1, -0.05) is 13.8 Å². The molecule has 308 valence electrons. The van der Waals surface area contributed by atoms with Crippen LogP contribution in [-0.4, -0.2) is 94.2 Å². The van der Waals surface area contributed by atoms with Crippen LogP contribution in [0.3, 0.4) is 0 Å². The van der Waals surface area contributed by atoms with E-state index in [0.29, 0.717) is 0 Å². The Kier molecular flexibility index (Phi) is 11.3. The predicted octanol–water partition coefficient (Wildman–Crippen LogP) is 9.86. The van der Waals surface area contributed by atoms with Crippen LogP contribution in [-0.2, 0) is 9.59 Å². The van der Waals surface area contributed by atoms with Gasteiger partial charge in [0, 0.05) is 12.8 Å². The van der Waals surface area contributed by atoms with Gasteiger partial charge in [-0.2, -0.15) is 87.8 Å². The lowest BCUT2D eigenvalue weighted by molar-refractivity contribution is -0.421. The molecule has 0 saturated heterocycles. The maximum Gasteiger partial charge on any atom is 0.384 e. The zero-order valence-electron chi connectivity index (χ0n) is 25.1. The van der Waals surface area contributed by atoms with Gasteiger partial charge in [0.15, 0.2) is 0 Å². The molecule has 0 aromatic rings. The summed E-state index contributed by atoms with van der Waals surface area (Å²) >= 11 is 0. The Morgan fingerprint density at radius 1 is 0.538 bits per heavy atom. The van der Waals surface area contributed by atoms with E-state index in [9.17, 15) is 108 Å². The van der Waals surface area contributed by atoms with Gasteiger partial charge < -0.3 is 10.2 Å². The van der Waals surface area contributed by atoms with E-state index in [1.807, 2.05) is 0 Å². The van der Waals surface area contributed by atoms with E-state index in [1.54, 1.807) is 0 Å². The minimum Gasteiger partial charge on any atom is -0.481 e. The van der Waals surface area contributed by atoms with Crippen LogP contribution in [0.15, 0.2) is 0 Å². The lowest BCUT2D eigenvalue weighted by Crippen LogP contribution is -2.70. The maximum atomic E-state index is 15.2. The first kappa shape index (κ1) is 47.3. The van der Waals surface area contributed by atoms with E-state index in [-0.39, 0.29) is 20.8 Å². The quantitative estimate of drug-likeness (QED) is 0.152. The molecule has 1 rings (SSSR count). The van der Waals surface area contributed by atoms with Crippen molar-refractivity contribution in [1.82, 2.24) is 0 Å². The highest BCUT2D eigenvalue weighted by atomic mass is 19.4. The van der Waals surface area contributed by atoms with Crippen molar-refractivity contribution in [1.29, 1.82) is 0 Å². The van der Waals surface area contributed by atoms with Crippen molar-refractivity contribution < 1.29 is 125 Å². The Hall–Kier alpha value is -2.74. The number of hydrogen-bond donors (Lipinski definition) is 2. The average Bonchev–Trinajstić information content (AvgIpc) is 3.09. The highest BCUT2D eigenvalue weighted by molar-refractivity contribution is 5.81. The fourth-order valence-electron chi connectivity index (χ4n) is 5.96. The van der Waals surface area contributed by atoms with Gasteiger partial charge in [-0.05, 0) is 24.2 Å². The first-order valence-corrected chi connectivity index (χ1v) is 13.1. The third-order valence-corrected chi connectivity index (χ3v) is 9.54. The van der Waals surface area contributed by atoms with Gasteiger partial charge in [-0.25, -0.2) is 17.6 Å². The molecule has 0 aromatic carbocycles. The molecule has 1 fully saturated rings. The average molecular weight is 828 g/mol. The molecule has 0 radical (unpaired) electrons. The maximum absolute atomic E-state index is 15.2. The first-order chi connectivity index (χ1) is 22.3. The number of carbonyl (C=O) groups is 2. The zero-order chi connectivity index (χ0) is 42.5. The molecule has 2 unspecified atom stereocenters. The van der Waals surface area contributed by atoms with E-state index < -0.39 is 125 Å². The molecular weight excluding hydrogens is 808 g/mol. The van der Waals surface area contributed by atoms with E-state index in [2.05, 4.69) is 0 Å². The Bertz CT molecular complexity index is 1300. The van der Waals surface area contributed by atoms with Gasteiger partial charge in [-0.3, -0.25) is 9.59 Å². The van der Waals surface area contributed by atoms with Crippen LogP contribution in [0, 0.1) is 22.2 Å². The third-order valence-electron chi connectivity index (χ3n) is 9.54. The van der Waals surface area contributed by atoms with Crippen LogP contribution in [0.2, 0.25) is 0 Å². The molecule has 0 bridgehead atoms. The molecule has 0 spiro atoms. The highest BCUT2D eigenvalue weighted by Gasteiger charge is 2.91. The Morgan fingerprint density at radius 2 is 0.808 bits per heavy atom. The van der Waals surface area contributed by atoms with Crippen LogP contribution in [0.4, 0.5) is 105 Å². The number of carboxylic acids is 2. The smallest absolute Gasteiger partial charge is 0.384 e. The van der Waals surface area contributed by atoms with Crippen LogP contribution >= 0.6 is 0 Å². The number of hydrogen-bond acceptors (Lipinski definition) is 2. The van der Waals surface area contributed by atoms with Gasteiger partial charge in [0.2, 0.25) is 0 Å². The van der Waals surface area contributed by atoms with Crippen molar-refractivity contribution >= 4 is 11.9 Å². The summed E-state index contributed by atoms with van der Waals surface area (Å²) < 4.78 is 335. The molecule has 2 N–H and O–H groups in total. The van der Waals surface area contributed by atoms with Crippen LogP contribution in [0.5, 0.6) is 0 Å². The molecule has 0 aromatic heterocycles. The molecule has 2 atom stereocenters. The first-order valence-electron chi connectivity index (χ1n) is 13.1. The molecular formula is C24H20F24O4. The molecule has 0 heterocycles. The van der Waals surface area contributed by atoms with Crippen molar-refractivity contribution in [2.75, 3.05) is 0 Å². The van der Waals surface area contributed by atoms with Crippen LogP contribution < -0.4 is 0 Å². The normalized spacial score (nSPS) is 23.1. The van der Waals surface area contributed by atoms with Crippen LogP contribution in [0.25, 0.3) is 0 Å². The van der Waals surface area contributed by atoms with Crippen LogP contribution in [0.1, 0.15) is 40.0 Å². The summed E-state index contributed by atoms with van der Waals surface area (Å²) in [4.78, 5) is 24.2. The predicted molar refractivity (Wildman–Crippen MR) is 118 cm³/mol. The molecule has 4 nitrogen and oxygen atoms in total. The van der Waals surface area contributed by atoms with E-state index in [1.165, 1.54) is 0 Å². The summed E-state index contributed by atoms with van der Waals surface area (Å²) in [6.07, 6.45) is -23.3. The highest BCUT2D eigenvalue weighted by Crippen LogP contribution is 2.74. The number of aliphatic carboxylic acids is 2. The standard InChI is InChI=1S/C24H20F24O4/c1-12(2)7(8(49)50)4-14(13(12,3)11(51)52,5-15(29,30)19(37,38)23(45,46)21(41,42)17(33,34)9(25)26)6-16(31,32)20(39,40)24(47,48)22(43,44)18(35,36)10(27)28/h7,9-10H,4-6H2,1-3H3,(H,49,50)(H,51,52). The van der Waals surface area contributed by atoms with Crippen molar-refractivity contribution in [2.24, 2.45) is 22.2 Å². The van der Waals surface area contributed by atoms with Gasteiger partial charge in [0.05, 0.1) is 11.3 Å². The Labute approximate surface area is 272 Å². The Balaban J connectivity index is 4.35. The van der Waals surface area contributed by atoms with E-state index in [0.717, 1.165) is 0 Å². The molecule has 1 aliphatic carbocycles.